The first-order valence-corrected chi connectivity index (χ1v) is 8.98. The predicted molar refractivity (Wildman–Crippen MR) is 84.9 cm³/mol. The van der Waals surface area contributed by atoms with Gasteiger partial charge in [0.15, 0.2) is 0 Å². The van der Waals surface area contributed by atoms with Crippen molar-refractivity contribution < 1.29 is 14.3 Å². The van der Waals surface area contributed by atoms with E-state index in [4.69, 9.17) is 9.47 Å². The van der Waals surface area contributed by atoms with Crippen LogP contribution in [0.15, 0.2) is 0 Å². The molecule has 2 atom stereocenters. The molecule has 22 heavy (non-hydrogen) atoms. The predicted octanol–water partition coefficient (Wildman–Crippen LogP) is 2.69. The third-order valence-corrected chi connectivity index (χ3v) is 5.37. The van der Waals surface area contributed by atoms with Gasteiger partial charge in [0.05, 0.1) is 24.9 Å². The molecule has 0 aromatic rings. The van der Waals surface area contributed by atoms with E-state index in [0.29, 0.717) is 19.3 Å². The van der Waals surface area contributed by atoms with E-state index in [1.165, 1.54) is 25.7 Å². The summed E-state index contributed by atoms with van der Waals surface area (Å²) in [4.78, 5) is 14.4. The van der Waals surface area contributed by atoms with Gasteiger partial charge in [0.1, 0.15) is 0 Å². The molecule has 3 rings (SSSR count). The van der Waals surface area contributed by atoms with E-state index >= 15 is 0 Å². The van der Waals surface area contributed by atoms with Crippen molar-refractivity contribution in [3.63, 3.8) is 0 Å². The second kappa shape index (κ2) is 7.18. The van der Waals surface area contributed by atoms with Crippen molar-refractivity contribution in [2.45, 2.75) is 76.0 Å². The Bertz CT molecular complexity index is 376. The molecule has 2 amide bonds. The van der Waals surface area contributed by atoms with Crippen molar-refractivity contribution in [2.24, 2.45) is 0 Å². The van der Waals surface area contributed by atoms with Gasteiger partial charge in [-0.05, 0) is 45.4 Å². The largest absolute Gasteiger partial charge is 0.378 e. The van der Waals surface area contributed by atoms with E-state index in [2.05, 4.69) is 12.2 Å². The SMILES string of the molecule is CC(CCC1CCCO1)NC(=O)N1CCOC2(CCCC2)C1. The first kappa shape index (κ1) is 16.1. The number of morpholine rings is 1. The molecule has 3 aliphatic rings. The number of hydrogen-bond donors (Lipinski definition) is 1. The molecule has 2 aliphatic heterocycles. The molecule has 0 aromatic heterocycles. The van der Waals surface area contributed by atoms with Crippen molar-refractivity contribution in [1.82, 2.24) is 10.2 Å². The van der Waals surface area contributed by atoms with Crippen LogP contribution < -0.4 is 5.32 Å². The Morgan fingerprint density at radius 3 is 2.86 bits per heavy atom. The molecular weight excluding hydrogens is 280 g/mol. The molecule has 2 saturated heterocycles. The monoisotopic (exact) mass is 310 g/mol. The highest BCUT2D eigenvalue weighted by atomic mass is 16.5. The lowest BCUT2D eigenvalue weighted by molar-refractivity contribution is -0.0927. The topological polar surface area (TPSA) is 50.8 Å². The molecule has 2 unspecified atom stereocenters. The fourth-order valence-electron chi connectivity index (χ4n) is 4.02. The quantitative estimate of drug-likeness (QED) is 0.868. The maximum absolute atomic E-state index is 12.5. The lowest BCUT2D eigenvalue weighted by Crippen LogP contribution is -2.55. The van der Waals surface area contributed by atoms with Crippen LogP contribution in [0.1, 0.15) is 58.3 Å². The first-order chi connectivity index (χ1) is 10.7. The summed E-state index contributed by atoms with van der Waals surface area (Å²) in [5.74, 6) is 0. The Kier molecular flexibility index (Phi) is 5.24. The van der Waals surface area contributed by atoms with Gasteiger partial charge in [0.25, 0.3) is 0 Å². The minimum Gasteiger partial charge on any atom is -0.378 e. The summed E-state index contributed by atoms with van der Waals surface area (Å²) in [5, 5.41) is 3.16. The highest BCUT2D eigenvalue weighted by molar-refractivity contribution is 5.74. The molecule has 3 fully saturated rings. The van der Waals surface area contributed by atoms with Crippen molar-refractivity contribution >= 4 is 6.03 Å². The Balaban J connectivity index is 1.42. The highest BCUT2D eigenvalue weighted by Crippen LogP contribution is 2.35. The lowest BCUT2D eigenvalue weighted by Gasteiger charge is -2.40. The van der Waals surface area contributed by atoms with Crippen LogP contribution in [0.25, 0.3) is 0 Å². The van der Waals surface area contributed by atoms with Gasteiger partial charge in [0, 0.05) is 19.2 Å². The Labute approximate surface area is 133 Å². The summed E-state index contributed by atoms with van der Waals surface area (Å²) >= 11 is 0. The molecule has 5 heteroatoms. The van der Waals surface area contributed by atoms with E-state index < -0.39 is 0 Å². The number of amides is 2. The maximum atomic E-state index is 12.5. The molecule has 2 heterocycles. The Morgan fingerprint density at radius 1 is 1.32 bits per heavy atom. The van der Waals surface area contributed by atoms with Crippen LogP contribution in [-0.4, -0.2) is 55.0 Å². The summed E-state index contributed by atoms with van der Waals surface area (Å²) in [6.45, 7) is 5.15. The van der Waals surface area contributed by atoms with E-state index in [1.54, 1.807) is 0 Å². The van der Waals surface area contributed by atoms with E-state index in [1.807, 2.05) is 4.90 Å². The fourth-order valence-corrected chi connectivity index (χ4v) is 4.02. The smallest absolute Gasteiger partial charge is 0.317 e. The summed E-state index contributed by atoms with van der Waals surface area (Å²) in [6, 6.07) is 0.286. The van der Waals surface area contributed by atoms with Crippen LogP contribution in [0, 0.1) is 0 Å². The standard InChI is InChI=1S/C17H30N2O3/c1-14(6-7-15-5-4-11-21-15)18-16(20)19-10-12-22-17(13-19)8-2-3-9-17/h14-15H,2-13H2,1H3,(H,18,20). The van der Waals surface area contributed by atoms with Gasteiger partial charge in [-0.2, -0.15) is 0 Å². The maximum Gasteiger partial charge on any atom is 0.317 e. The molecule has 1 saturated carbocycles. The second-order valence-electron chi connectivity index (χ2n) is 7.22. The molecule has 5 nitrogen and oxygen atoms in total. The number of ether oxygens (including phenoxy) is 2. The van der Waals surface area contributed by atoms with Crippen LogP contribution in [0.5, 0.6) is 0 Å². The van der Waals surface area contributed by atoms with Crippen molar-refractivity contribution in [2.75, 3.05) is 26.3 Å². The fraction of sp³-hybridized carbons (Fsp3) is 0.941. The number of nitrogens with zero attached hydrogens (tertiary/aromatic N) is 1. The average molecular weight is 310 g/mol. The average Bonchev–Trinajstić information content (AvgIpc) is 3.17. The van der Waals surface area contributed by atoms with Gasteiger partial charge >= 0.3 is 6.03 Å². The second-order valence-corrected chi connectivity index (χ2v) is 7.22. The van der Waals surface area contributed by atoms with Crippen LogP contribution >= 0.6 is 0 Å². The van der Waals surface area contributed by atoms with Gasteiger partial charge < -0.3 is 19.7 Å². The summed E-state index contributed by atoms with van der Waals surface area (Å²) in [5.41, 5.74) is -0.0451. The van der Waals surface area contributed by atoms with Gasteiger partial charge in [-0.1, -0.05) is 12.8 Å². The molecule has 1 N–H and O–H groups in total. The normalized spacial score (nSPS) is 29.0. The Hall–Kier alpha value is -0.810. The molecule has 0 aromatic carbocycles. The molecule has 1 aliphatic carbocycles. The minimum absolute atomic E-state index is 0.0451. The highest BCUT2D eigenvalue weighted by Gasteiger charge is 2.40. The third-order valence-electron chi connectivity index (χ3n) is 5.37. The van der Waals surface area contributed by atoms with Crippen LogP contribution in [0.4, 0.5) is 4.79 Å². The third kappa shape index (κ3) is 3.93. The van der Waals surface area contributed by atoms with Gasteiger partial charge in [-0.3, -0.25) is 0 Å². The van der Waals surface area contributed by atoms with Gasteiger partial charge in [-0.15, -0.1) is 0 Å². The lowest BCUT2D eigenvalue weighted by atomic mass is 10.00. The van der Waals surface area contributed by atoms with Crippen molar-refractivity contribution in [3.05, 3.63) is 0 Å². The zero-order valence-electron chi connectivity index (χ0n) is 13.8. The van der Waals surface area contributed by atoms with E-state index in [0.717, 1.165) is 38.8 Å². The summed E-state index contributed by atoms with van der Waals surface area (Å²) in [7, 11) is 0. The summed E-state index contributed by atoms with van der Waals surface area (Å²) in [6.07, 6.45) is 9.47. The van der Waals surface area contributed by atoms with Gasteiger partial charge in [0.2, 0.25) is 0 Å². The number of nitrogens with one attached hydrogen (secondary N) is 1. The van der Waals surface area contributed by atoms with Crippen LogP contribution in [-0.2, 0) is 9.47 Å². The van der Waals surface area contributed by atoms with Gasteiger partial charge in [-0.25, -0.2) is 4.79 Å². The zero-order valence-corrected chi connectivity index (χ0v) is 13.8. The zero-order chi connectivity index (χ0) is 15.4. The number of urea groups is 1. The summed E-state index contributed by atoms with van der Waals surface area (Å²) < 4.78 is 11.6. The first-order valence-electron chi connectivity index (χ1n) is 8.98. The van der Waals surface area contributed by atoms with Crippen molar-refractivity contribution in [3.8, 4) is 0 Å². The number of rotatable bonds is 4. The molecule has 0 radical (unpaired) electrons. The number of carbonyl (C=O) groups is 1. The molecule has 1 spiro atoms. The molecule has 126 valence electrons. The Morgan fingerprint density at radius 2 is 2.14 bits per heavy atom. The number of carbonyl (C=O) groups excluding carboxylic acids is 1. The minimum atomic E-state index is -0.0451. The molecular formula is C17H30N2O3. The van der Waals surface area contributed by atoms with E-state index in [9.17, 15) is 4.79 Å². The molecule has 0 bridgehead atoms. The van der Waals surface area contributed by atoms with Crippen molar-refractivity contribution in [1.29, 1.82) is 0 Å². The van der Waals surface area contributed by atoms with Crippen LogP contribution in [0.3, 0.4) is 0 Å². The van der Waals surface area contributed by atoms with E-state index in [-0.39, 0.29) is 17.7 Å². The van der Waals surface area contributed by atoms with Crippen LogP contribution in [0.2, 0.25) is 0 Å². The number of hydrogen-bond acceptors (Lipinski definition) is 3.